The molecule has 9 heteroatoms. The Balaban J connectivity index is 1.79. The Bertz CT molecular complexity index is 1160. The van der Waals surface area contributed by atoms with E-state index in [9.17, 15) is 23.3 Å². The molecule has 0 heterocycles. The van der Waals surface area contributed by atoms with Crippen molar-refractivity contribution in [2.75, 3.05) is 15.9 Å². The van der Waals surface area contributed by atoms with Gasteiger partial charge in [0.15, 0.2) is 0 Å². The zero-order valence-electron chi connectivity index (χ0n) is 16.1. The average Bonchev–Trinajstić information content (AvgIpc) is 2.72. The van der Waals surface area contributed by atoms with Gasteiger partial charge in [-0.3, -0.25) is 19.2 Å². The van der Waals surface area contributed by atoms with Crippen LogP contribution in [0.25, 0.3) is 0 Å². The topological polar surface area (TPSA) is 110 Å². The van der Waals surface area contributed by atoms with Crippen LogP contribution in [0.1, 0.15) is 15.9 Å². The first kappa shape index (κ1) is 21.0. The lowest BCUT2D eigenvalue weighted by Crippen LogP contribution is -2.29. The third-order valence-corrected chi connectivity index (χ3v) is 5.44. The first-order valence-corrected chi connectivity index (χ1v) is 10.8. The Labute approximate surface area is 174 Å². The molecule has 0 bridgehead atoms. The third kappa shape index (κ3) is 5.21. The summed E-state index contributed by atoms with van der Waals surface area (Å²) in [6, 6.07) is 20.9. The summed E-state index contributed by atoms with van der Waals surface area (Å²) in [5.41, 5.74) is 1.70. The molecule has 3 rings (SSSR count). The molecule has 0 unspecified atom stereocenters. The van der Waals surface area contributed by atoms with Crippen LogP contribution in [0.2, 0.25) is 0 Å². The average molecular weight is 425 g/mol. The third-order valence-electron chi connectivity index (χ3n) is 4.30. The molecule has 0 atom stereocenters. The number of non-ortho nitro benzene ring substituents is 1. The van der Waals surface area contributed by atoms with Crippen molar-refractivity contribution in [3.63, 3.8) is 0 Å². The molecule has 0 radical (unpaired) electrons. The molecule has 0 aliphatic carbocycles. The number of nitro groups is 1. The maximum Gasteiger partial charge on any atom is 0.271 e. The second-order valence-electron chi connectivity index (χ2n) is 6.56. The van der Waals surface area contributed by atoms with E-state index in [1.807, 2.05) is 30.3 Å². The summed E-state index contributed by atoms with van der Waals surface area (Å²) in [5.74, 6) is -0.462. The van der Waals surface area contributed by atoms with Crippen LogP contribution >= 0.6 is 0 Å². The molecule has 154 valence electrons. The van der Waals surface area contributed by atoms with Crippen molar-refractivity contribution in [1.82, 2.24) is 0 Å². The van der Waals surface area contributed by atoms with Crippen molar-refractivity contribution in [1.29, 1.82) is 0 Å². The smallest absolute Gasteiger partial charge is 0.271 e. The second kappa shape index (κ2) is 8.75. The maximum atomic E-state index is 12.5. The largest absolute Gasteiger partial charge is 0.322 e. The Hall–Kier alpha value is -3.72. The van der Waals surface area contributed by atoms with Gasteiger partial charge in [-0.05, 0) is 35.9 Å². The number of anilines is 2. The van der Waals surface area contributed by atoms with Gasteiger partial charge in [-0.2, -0.15) is 0 Å². The van der Waals surface area contributed by atoms with E-state index in [-0.39, 0.29) is 12.2 Å². The maximum absolute atomic E-state index is 12.5. The molecule has 30 heavy (non-hydrogen) atoms. The molecule has 1 amide bonds. The Morgan fingerprint density at radius 3 is 2.27 bits per heavy atom. The highest BCUT2D eigenvalue weighted by molar-refractivity contribution is 7.92. The summed E-state index contributed by atoms with van der Waals surface area (Å²) in [7, 11) is -3.54. The molecular formula is C21H19N3O5S. The standard InChI is InChI=1S/C21H19N3O5S/c1-30(28,29)23(15-16-6-3-2-4-7-16)19-12-10-17(11-13-19)21(25)22-18-8-5-9-20(14-18)24(26)27/h2-14H,15H2,1H3,(H,22,25). The first-order chi connectivity index (χ1) is 14.2. The summed E-state index contributed by atoms with van der Waals surface area (Å²) >= 11 is 0. The predicted octanol–water partition coefficient (Wildman–Crippen LogP) is 3.81. The summed E-state index contributed by atoms with van der Waals surface area (Å²) < 4.78 is 25.8. The minimum absolute atomic E-state index is 0.132. The van der Waals surface area contributed by atoms with E-state index in [1.165, 1.54) is 34.6 Å². The van der Waals surface area contributed by atoms with Gasteiger partial charge >= 0.3 is 0 Å². The van der Waals surface area contributed by atoms with E-state index < -0.39 is 20.9 Å². The van der Waals surface area contributed by atoms with Gasteiger partial charge in [0.2, 0.25) is 10.0 Å². The molecular weight excluding hydrogens is 406 g/mol. The Kier molecular flexibility index (Phi) is 6.12. The van der Waals surface area contributed by atoms with Crippen LogP contribution in [-0.2, 0) is 16.6 Å². The zero-order chi connectivity index (χ0) is 21.7. The van der Waals surface area contributed by atoms with Crippen molar-refractivity contribution in [2.24, 2.45) is 0 Å². The van der Waals surface area contributed by atoms with E-state index in [0.29, 0.717) is 16.9 Å². The highest BCUT2D eigenvalue weighted by Crippen LogP contribution is 2.22. The molecule has 0 aliphatic heterocycles. The van der Waals surface area contributed by atoms with Crippen molar-refractivity contribution in [2.45, 2.75) is 6.54 Å². The fourth-order valence-electron chi connectivity index (χ4n) is 2.83. The van der Waals surface area contributed by atoms with Gasteiger partial charge in [-0.15, -0.1) is 0 Å². The zero-order valence-corrected chi connectivity index (χ0v) is 16.9. The van der Waals surface area contributed by atoms with Gasteiger partial charge in [0.25, 0.3) is 11.6 Å². The van der Waals surface area contributed by atoms with Crippen molar-refractivity contribution in [3.05, 3.63) is 100 Å². The lowest BCUT2D eigenvalue weighted by atomic mass is 10.1. The number of nitro benzene ring substituents is 1. The molecule has 0 saturated heterocycles. The number of sulfonamides is 1. The summed E-state index contributed by atoms with van der Waals surface area (Å²) in [4.78, 5) is 22.8. The van der Waals surface area contributed by atoms with Crippen LogP contribution in [0.15, 0.2) is 78.9 Å². The molecule has 8 nitrogen and oxygen atoms in total. The van der Waals surface area contributed by atoms with Crippen LogP contribution in [0, 0.1) is 10.1 Å². The fraction of sp³-hybridized carbons (Fsp3) is 0.0952. The van der Waals surface area contributed by atoms with Crippen LogP contribution < -0.4 is 9.62 Å². The van der Waals surface area contributed by atoms with Gasteiger partial charge in [0.1, 0.15) is 0 Å². The number of nitrogens with one attached hydrogen (secondary N) is 1. The van der Waals surface area contributed by atoms with E-state index in [2.05, 4.69) is 5.32 Å². The van der Waals surface area contributed by atoms with Crippen molar-refractivity contribution >= 4 is 33.0 Å². The molecule has 1 N–H and O–H groups in total. The monoisotopic (exact) mass is 425 g/mol. The highest BCUT2D eigenvalue weighted by atomic mass is 32.2. The highest BCUT2D eigenvalue weighted by Gasteiger charge is 2.18. The number of amides is 1. The number of carbonyl (C=O) groups excluding carboxylic acids is 1. The molecule has 3 aromatic carbocycles. The number of carbonyl (C=O) groups is 1. The summed E-state index contributed by atoms with van der Waals surface area (Å²) in [6.45, 7) is 0.166. The second-order valence-corrected chi connectivity index (χ2v) is 8.47. The quantitative estimate of drug-likeness (QED) is 0.457. The predicted molar refractivity (Wildman–Crippen MR) is 115 cm³/mol. The van der Waals surface area contributed by atoms with Crippen LogP contribution in [0.3, 0.4) is 0 Å². The van der Waals surface area contributed by atoms with Crippen molar-refractivity contribution in [3.8, 4) is 0 Å². The molecule has 0 aromatic heterocycles. The minimum Gasteiger partial charge on any atom is -0.322 e. The normalized spacial score (nSPS) is 11.0. The number of hydrogen-bond donors (Lipinski definition) is 1. The van der Waals surface area contributed by atoms with E-state index in [1.54, 1.807) is 18.2 Å². The van der Waals surface area contributed by atoms with Gasteiger partial charge in [0.05, 0.1) is 23.4 Å². The van der Waals surface area contributed by atoms with Gasteiger partial charge in [-0.25, -0.2) is 8.42 Å². The lowest BCUT2D eigenvalue weighted by molar-refractivity contribution is -0.384. The number of hydrogen-bond acceptors (Lipinski definition) is 5. The van der Waals surface area contributed by atoms with Gasteiger partial charge in [-0.1, -0.05) is 36.4 Å². The number of benzene rings is 3. The number of nitrogens with zero attached hydrogens (tertiary/aromatic N) is 2. The van der Waals surface area contributed by atoms with E-state index in [0.717, 1.165) is 11.8 Å². The molecule has 3 aromatic rings. The first-order valence-electron chi connectivity index (χ1n) is 8.91. The van der Waals surface area contributed by atoms with Crippen LogP contribution in [0.4, 0.5) is 17.1 Å². The SMILES string of the molecule is CS(=O)(=O)N(Cc1ccccc1)c1ccc(C(=O)Nc2cccc([N+](=O)[O-])c2)cc1. The van der Waals surface area contributed by atoms with E-state index in [4.69, 9.17) is 0 Å². The summed E-state index contributed by atoms with van der Waals surface area (Å²) in [6.07, 6.45) is 1.12. The van der Waals surface area contributed by atoms with Crippen LogP contribution in [0.5, 0.6) is 0 Å². The van der Waals surface area contributed by atoms with E-state index >= 15 is 0 Å². The Morgan fingerprint density at radius 2 is 1.67 bits per heavy atom. The minimum atomic E-state index is -3.54. The molecule has 0 aliphatic rings. The van der Waals surface area contributed by atoms with Gasteiger partial charge < -0.3 is 5.32 Å². The van der Waals surface area contributed by atoms with Gasteiger partial charge in [0, 0.05) is 23.4 Å². The molecule has 0 saturated carbocycles. The lowest BCUT2D eigenvalue weighted by Gasteiger charge is -2.22. The Morgan fingerprint density at radius 1 is 1.00 bits per heavy atom. The number of rotatable bonds is 7. The molecule has 0 fully saturated rings. The van der Waals surface area contributed by atoms with Crippen LogP contribution in [-0.4, -0.2) is 25.5 Å². The summed E-state index contributed by atoms with van der Waals surface area (Å²) in [5, 5.41) is 13.5. The van der Waals surface area contributed by atoms with Crippen molar-refractivity contribution < 1.29 is 18.1 Å². The fourth-order valence-corrected chi connectivity index (χ4v) is 3.72. The molecule has 0 spiro atoms.